The maximum atomic E-state index is 12.2. The molecule has 4 nitrogen and oxygen atoms in total. The number of ether oxygens (including phenoxy) is 1. The molecule has 1 aromatic rings. The number of nitrogens with one attached hydrogen (secondary N) is 1. The van der Waals surface area contributed by atoms with Crippen molar-refractivity contribution in [2.75, 3.05) is 38.7 Å². The van der Waals surface area contributed by atoms with Crippen LogP contribution in [0.3, 0.4) is 0 Å². The maximum absolute atomic E-state index is 12.2. The van der Waals surface area contributed by atoms with E-state index in [1.165, 1.54) is 0 Å². The Balaban J connectivity index is 2.64. The van der Waals surface area contributed by atoms with Crippen molar-refractivity contribution in [1.29, 1.82) is 0 Å². The minimum atomic E-state index is 0.0554. The highest BCUT2D eigenvalue weighted by atomic mass is 16.5. The van der Waals surface area contributed by atoms with Gasteiger partial charge in [0.15, 0.2) is 0 Å². The smallest absolute Gasteiger partial charge is 0.253 e. The summed E-state index contributed by atoms with van der Waals surface area (Å²) in [5, 5.41) is 3.03. The van der Waals surface area contributed by atoms with Gasteiger partial charge < -0.3 is 15.0 Å². The summed E-state index contributed by atoms with van der Waals surface area (Å²) in [7, 11) is 1.86. The average molecular weight is 250 g/mol. The molecule has 0 spiro atoms. The quantitative estimate of drug-likeness (QED) is 0.754. The predicted octanol–water partition coefficient (Wildman–Crippen LogP) is 2.23. The lowest BCUT2D eigenvalue weighted by Crippen LogP contribution is -2.33. The van der Waals surface area contributed by atoms with E-state index >= 15 is 0 Å². The minimum absolute atomic E-state index is 0.0554. The normalized spacial score (nSPS) is 10.2. The van der Waals surface area contributed by atoms with Crippen LogP contribution in [0.1, 0.15) is 24.2 Å². The predicted molar refractivity (Wildman–Crippen MR) is 74.1 cm³/mol. The Kier molecular flexibility index (Phi) is 6.22. The molecule has 0 unspecified atom stereocenters. The first-order valence-electron chi connectivity index (χ1n) is 6.37. The Morgan fingerprint density at radius 1 is 1.28 bits per heavy atom. The second-order valence-corrected chi connectivity index (χ2v) is 3.91. The summed E-state index contributed by atoms with van der Waals surface area (Å²) in [6.07, 6.45) is 0. The molecule has 1 aromatic carbocycles. The standard InChI is InChI=1S/C14H22N2O2/c1-4-16(10-11-18-5-2)14(17)12-6-8-13(15-3)9-7-12/h6-9,15H,4-5,10-11H2,1-3H3. The number of hydrogen-bond donors (Lipinski definition) is 1. The zero-order valence-corrected chi connectivity index (χ0v) is 11.4. The number of hydrogen-bond acceptors (Lipinski definition) is 3. The van der Waals surface area contributed by atoms with Crippen LogP contribution in [0.15, 0.2) is 24.3 Å². The Morgan fingerprint density at radius 3 is 2.44 bits per heavy atom. The topological polar surface area (TPSA) is 41.6 Å². The molecular weight excluding hydrogens is 228 g/mol. The fourth-order valence-corrected chi connectivity index (χ4v) is 1.68. The third-order valence-electron chi connectivity index (χ3n) is 2.80. The minimum Gasteiger partial charge on any atom is -0.388 e. The lowest BCUT2D eigenvalue weighted by Gasteiger charge is -2.20. The summed E-state index contributed by atoms with van der Waals surface area (Å²) in [5.41, 5.74) is 1.72. The molecule has 0 radical (unpaired) electrons. The van der Waals surface area contributed by atoms with Crippen molar-refractivity contribution in [2.24, 2.45) is 0 Å². The van der Waals surface area contributed by atoms with Gasteiger partial charge >= 0.3 is 0 Å². The SMILES string of the molecule is CCOCCN(CC)C(=O)c1ccc(NC)cc1. The molecule has 0 atom stereocenters. The van der Waals surface area contributed by atoms with Crippen LogP contribution in [0, 0.1) is 0 Å². The van der Waals surface area contributed by atoms with Crippen LogP contribution in [-0.2, 0) is 4.74 Å². The summed E-state index contributed by atoms with van der Waals surface area (Å²) < 4.78 is 5.28. The molecule has 1 rings (SSSR count). The van der Waals surface area contributed by atoms with Gasteiger partial charge in [-0.2, -0.15) is 0 Å². The van der Waals surface area contributed by atoms with E-state index in [0.717, 1.165) is 5.69 Å². The molecule has 0 saturated heterocycles. The molecule has 18 heavy (non-hydrogen) atoms. The van der Waals surface area contributed by atoms with E-state index in [0.29, 0.717) is 31.9 Å². The van der Waals surface area contributed by atoms with E-state index in [1.807, 2.05) is 45.2 Å². The van der Waals surface area contributed by atoms with Crippen LogP contribution < -0.4 is 5.32 Å². The number of nitrogens with zero attached hydrogens (tertiary/aromatic N) is 1. The van der Waals surface area contributed by atoms with E-state index < -0.39 is 0 Å². The van der Waals surface area contributed by atoms with Crippen molar-refractivity contribution in [3.63, 3.8) is 0 Å². The van der Waals surface area contributed by atoms with Gasteiger partial charge in [-0.05, 0) is 38.1 Å². The Morgan fingerprint density at radius 2 is 1.94 bits per heavy atom. The van der Waals surface area contributed by atoms with Crippen LogP contribution in [0.25, 0.3) is 0 Å². The van der Waals surface area contributed by atoms with Gasteiger partial charge in [0.25, 0.3) is 5.91 Å². The highest BCUT2D eigenvalue weighted by molar-refractivity contribution is 5.94. The van der Waals surface area contributed by atoms with Gasteiger partial charge in [0.05, 0.1) is 6.61 Å². The molecule has 1 N–H and O–H groups in total. The van der Waals surface area contributed by atoms with Crippen LogP contribution in [0.4, 0.5) is 5.69 Å². The van der Waals surface area contributed by atoms with Crippen molar-refractivity contribution in [3.8, 4) is 0 Å². The lowest BCUT2D eigenvalue weighted by atomic mass is 10.2. The maximum Gasteiger partial charge on any atom is 0.253 e. The molecule has 0 aliphatic heterocycles. The molecule has 0 heterocycles. The molecule has 0 aliphatic rings. The Bertz CT molecular complexity index is 363. The fourth-order valence-electron chi connectivity index (χ4n) is 1.68. The van der Waals surface area contributed by atoms with Gasteiger partial charge in [-0.25, -0.2) is 0 Å². The van der Waals surface area contributed by atoms with E-state index in [1.54, 1.807) is 4.90 Å². The second-order valence-electron chi connectivity index (χ2n) is 3.91. The van der Waals surface area contributed by atoms with Crippen molar-refractivity contribution in [1.82, 2.24) is 4.90 Å². The highest BCUT2D eigenvalue weighted by Crippen LogP contribution is 2.10. The average Bonchev–Trinajstić information content (AvgIpc) is 2.43. The molecular formula is C14H22N2O2. The second kappa shape index (κ2) is 7.71. The first kappa shape index (κ1) is 14.5. The van der Waals surface area contributed by atoms with Crippen LogP contribution >= 0.6 is 0 Å². The number of carbonyl (C=O) groups excluding carboxylic acids is 1. The number of anilines is 1. The number of amides is 1. The molecule has 0 saturated carbocycles. The van der Waals surface area contributed by atoms with Crippen molar-refractivity contribution in [3.05, 3.63) is 29.8 Å². The van der Waals surface area contributed by atoms with Gasteiger partial charge in [-0.15, -0.1) is 0 Å². The van der Waals surface area contributed by atoms with Gasteiger partial charge in [0.2, 0.25) is 0 Å². The van der Waals surface area contributed by atoms with Crippen molar-refractivity contribution >= 4 is 11.6 Å². The van der Waals surface area contributed by atoms with Crippen LogP contribution in [0.2, 0.25) is 0 Å². The summed E-state index contributed by atoms with van der Waals surface area (Å²) in [4.78, 5) is 14.0. The number of benzene rings is 1. The molecule has 100 valence electrons. The monoisotopic (exact) mass is 250 g/mol. The van der Waals surface area contributed by atoms with Crippen LogP contribution in [0.5, 0.6) is 0 Å². The molecule has 4 heteroatoms. The van der Waals surface area contributed by atoms with Gasteiger partial charge in [0, 0.05) is 38.0 Å². The third-order valence-corrected chi connectivity index (χ3v) is 2.80. The summed E-state index contributed by atoms with van der Waals surface area (Å²) in [6.45, 7) is 6.53. The molecule has 0 aromatic heterocycles. The molecule has 0 aliphatic carbocycles. The first-order valence-corrected chi connectivity index (χ1v) is 6.37. The highest BCUT2D eigenvalue weighted by Gasteiger charge is 2.13. The summed E-state index contributed by atoms with van der Waals surface area (Å²) in [6, 6.07) is 7.50. The van der Waals surface area contributed by atoms with E-state index in [-0.39, 0.29) is 5.91 Å². The molecule has 0 fully saturated rings. The molecule has 1 amide bonds. The van der Waals surface area contributed by atoms with Crippen molar-refractivity contribution < 1.29 is 9.53 Å². The Hall–Kier alpha value is -1.55. The lowest BCUT2D eigenvalue weighted by molar-refractivity contribution is 0.0669. The summed E-state index contributed by atoms with van der Waals surface area (Å²) in [5.74, 6) is 0.0554. The number of likely N-dealkylation sites (N-methyl/N-ethyl adjacent to an activating group) is 1. The van der Waals surface area contributed by atoms with Gasteiger partial charge in [0.1, 0.15) is 0 Å². The fraction of sp³-hybridized carbons (Fsp3) is 0.500. The number of carbonyl (C=O) groups is 1. The largest absolute Gasteiger partial charge is 0.388 e. The molecule has 0 bridgehead atoms. The zero-order chi connectivity index (χ0) is 13.4. The van der Waals surface area contributed by atoms with Gasteiger partial charge in [-0.1, -0.05) is 0 Å². The zero-order valence-electron chi connectivity index (χ0n) is 11.4. The Labute approximate surface area is 109 Å². The first-order chi connectivity index (χ1) is 8.72. The van der Waals surface area contributed by atoms with Crippen molar-refractivity contribution in [2.45, 2.75) is 13.8 Å². The van der Waals surface area contributed by atoms with E-state index in [9.17, 15) is 4.79 Å². The van der Waals surface area contributed by atoms with E-state index in [4.69, 9.17) is 4.74 Å². The summed E-state index contributed by atoms with van der Waals surface area (Å²) >= 11 is 0. The number of rotatable bonds is 7. The van der Waals surface area contributed by atoms with Crippen LogP contribution in [-0.4, -0.2) is 44.2 Å². The third kappa shape index (κ3) is 4.04. The van der Waals surface area contributed by atoms with Gasteiger partial charge in [-0.3, -0.25) is 4.79 Å². The van der Waals surface area contributed by atoms with E-state index in [2.05, 4.69) is 5.32 Å².